The molecule has 2 atom stereocenters. The number of anilines is 1. The lowest BCUT2D eigenvalue weighted by atomic mass is 9.83. The van der Waals surface area contributed by atoms with Gasteiger partial charge in [0.05, 0.1) is 12.0 Å². The predicted octanol–water partition coefficient (Wildman–Crippen LogP) is 4.20. The maximum Gasteiger partial charge on any atom is 0.232 e. The normalized spacial score (nSPS) is 21.8. The van der Waals surface area contributed by atoms with Crippen LogP contribution in [0, 0.1) is 11.7 Å². The highest BCUT2D eigenvalue weighted by molar-refractivity contribution is 6.30. The predicted molar refractivity (Wildman–Crippen MR) is 77.2 cm³/mol. The summed E-state index contributed by atoms with van der Waals surface area (Å²) in [7, 11) is 0. The third-order valence-electron chi connectivity index (χ3n) is 3.70. The van der Waals surface area contributed by atoms with Crippen molar-refractivity contribution in [2.45, 2.75) is 13.0 Å². The minimum absolute atomic E-state index is 0.0516. The fraction of sp³-hybridized carbons (Fsp3) is 0.188. The molecule has 2 aromatic carbocycles. The van der Waals surface area contributed by atoms with E-state index in [2.05, 4.69) is 0 Å². The first-order valence-electron chi connectivity index (χ1n) is 6.42. The van der Waals surface area contributed by atoms with Crippen molar-refractivity contribution >= 4 is 23.2 Å². The van der Waals surface area contributed by atoms with E-state index < -0.39 is 0 Å². The molecule has 102 valence electrons. The molecule has 4 heteroatoms. The van der Waals surface area contributed by atoms with Crippen LogP contribution >= 0.6 is 11.6 Å². The van der Waals surface area contributed by atoms with E-state index in [0.29, 0.717) is 5.02 Å². The fourth-order valence-electron chi connectivity index (χ4n) is 2.62. The van der Waals surface area contributed by atoms with E-state index in [1.807, 2.05) is 19.1 Å². The van der Waals surface area contributed by atoms with Gasteiger partial charge < -0.3 is 4.90 Å². The van der Waals surface area contributed by atoms with Gasteiger partial charge in [-0.2, -0.15) is 0 Å². The van der Waals surface area contributed by atoms with Crippen LogP contribution in [0.5, 0.6) is 0 Å². The minimum atomic E-state index is -0.273. The number of hydrogen-bond acceptors (Lipinski definition) is 1. The molecule has 0 aromatic heterocycles. The SMILES string of the molecule is C[C@@H]1C(=O)N(c2ccc(Cl)cc2)[C@@H]1c1ccc(F)cc1. The fourth-order valence-corrected chi connectivity index (χ4v) is 2.75. The summed E-state index contributed by atoms with van der Waals surface area (Å²) in [5, 5.41) is 0.633. The second-order valence-corrected chi connectivity index (χ2v) is 5.41. The van der Waals surface area contributed by atoms with Gasteiger partial charge in [0, 0.05) is 10.7 Å². The van der Waals surface area contributed by atoms with E-state index in [1.165, 1.54) is 12.1 Å². The van der Waals surface area contributed by atoms with Crippen LogP contribution in [0.3, 0.4) is 0 Å². The van der Waals surface area contributed by atoms with Gasteiger partial charge in [-0.3, -0.25) is 4.79 Å². The highest BCUT2D eigenvalue weighted by Gasteiger charge is 2.45. The van der Waals surface area contributed by atoms with E-state index in [-0.39, 0.29) is 23.7 Å². The summed E-state index contributed by atoms with van der Waals surface area (Å²) in [5.74, 6) is -0.303. The molecule has 0 bridgehead atoms. The molecule has 1 saturated heterocycles. The van der Waals surface area contributed by atoms with Gasteiger partial charge in [-0.15, -0.1) is 0 Å². The zero-order valence-corrected chi connectivity index (χ0v) is 11.6. The third-order valence-corrected chi connectivity index (χ3v) is 3.95. The number of rotatable bonds is 2. The Morgan fingerprint density at radius 1 is 1.05 bits per heavy atom. The lowest BCUT2D eigenvalue weighted by Gasteiger charge is -2.46. The van der Waals surface area contributed by atoms with Crippen molar-refractivity contribution < 1.29 is 9.18 Å². The Bertz CT molecular complexity index is 639. The Morgan fingerprint density at radius 2 is 1.65 bits per heavy atom. The Labute approximate surface area is 121 Å². The van der Waals surface area contributed by atoms with Gasteiger partial charge in [0.15, 0.2) is 0 Å². The zero-order valence-electron chi connectivity index (χ0n) is 10.9. The summed E-state index contributed by atoms with van der Waals surface area (Å²) in [6.07, 6.45) is 0. The van der Waals surface area contributed by atoms with Crippen LogP contribution in [0.1, 0.15) is 18.5 Å². The molecule has 1 aliphatic rings. The number of hydrogen-bond donors (Lipinski definition) is 0. The maximum atomic E-state index is 13.0. The van der Waals surface area contributed by atoms with Crippen molar-refractivity contribution in [1.82, 2.24) is 0 Å². The van der Waals surface area contributed by atoms with Crippen molar-refractivity contribution in [1.29, 1.82) is 0 Å². The van der Waals surface area contributed by atoms with Gasteiger partial charge in [0.1, 0.15) is 5.82 Å². The van der Waals surface area contributed by atoms with E-state index in [4.69, 9.17) is 11.6 Å². The molecule has 0 N–H and O–H groups in total. The number of carbonyl (C=O) groups is 1. The number of amides is 1. The second-order valence-electron chi connectivity index (χ2n) is 4.97. The van der Waals surface area contributed by atoms with Gasteiger partial charge in [-0.25, -0.2) is 4.39 Å². The first-order valence-corrected chi connectivity index (χ1v) is 6.80. The average molecular weight is 290 g/mol. The molecule has 3 rings (SSSR count). The van der Waals surface area contributed by atoms with Crippen molar-refractivity contribution in [3.63, 3.8) is 0 Å². The van der Waals surface area contributed by atoms with Gasteiger partial charge in [-0.1, -0.05) is 30.7 Å². The van der Waals surface area contributed by atoms with Crippen molar-refractivity contribution in [3.8, 4) is 0 Å². The Morgan fingerprint density at radius 3 is 2.25 bits per heavy atom. The standard InChI is InChI=1S/C16H13ClFNO/c1-10-15(11-2-6-13(18)7-3-11)19(16(10)20)14-8-4-12(17)5-9-14/h2-10,15H,1H3/t10-,15-/m0/s1. The molecule has 0 aliphatic carbocycles. The number of halogens is 2. The molecule has 0 spiro atoms. The first kappa shape index (κ1) is 13.1. The van der Waals surface area contributed by atoms with E-state index in [0.717, 1.165) is 11.3 Å². The van der Waals surface area contributed by atoms with Crippen molar-refractivity contribution in [2.24, 2.45) is 5.92 Å². The molecule has 1 aliphatic heterocycles. The van der Waals surface area contributed by atoms with Crippen molar-refractivity contribution in [2.75, 3.05) is 4.90 Å². The summed E-state index contributed by atoms with van der Waals surface area (Å²) in [6, 6.07) is 13.4. The molecule has 20 heavy (non-hydrogen) atoms. The molecule has 0 saturated carbocycles. The summed E-state index contributed by atoms with van der Waals surface area (Å²) >= 11 is 5.87. The summed E-state index contributed by atoms with van der Waals surface area (Å²) < 4.78 is 13.0. The lowest BCUT2D eigenvalue weighted by molar-refractivity contribution is -0.129. The van der Waals surface area contributed by atoms with Crippen LogP contribution in [0.2, 0.25) is 5.02 Å². The topological polar surface area (TPSA) is 20.3 Å². The van der Waals surface area contributed by atoms with Gasteiger partial charge >= 0.3 is 0 Å². The maximum absolute atomic E-state index is 13.0. The van der Waals surface area contributed by atoms with Crippen LogP contribution < -0.4 is 4.90 Å². The first-order chi connectivity index (χ1) is 9.58. The average Bonchev–Trinajstić information content (AvgIpc) is 2.46. The Kier molecular flexibility index (Phi) is 3.22. The molecule has 1 fully saturated rings. The van der Waals surface area contributed by atoms with Crippen LogP contribution in [-0.2, 0) is 4.79 Å². The number of nitrogens with zero attached hydrogens (tertiary/aromatic N) is 1. The molecule has 1 heterocycles. The summed E-state index contributed by atoms with van der Waals surface area (Å²) in [6.45, 7) is 1.89. The molecule has 0 radical (unpaired) electrons. The van der Waals surface area contributed by atoms with Crippen LogP contribution in [0.15, 0.2) is 48.5 Å². The molecule has 2 nitrogen and oxygen atoms in total. The largest absolute Gasteiger partial charge is 0.304 e. The number of benzene rings is 2. The van der Waals surface area contributed by atoms with E-state index in [1.54, 1.807) is 29.2 Å². The Balaban J connectivity index is 1.95. The molecule has 1 amide bonds. The highest BCUT2D eigenvalue weighted by atomic mass is 35.5. The number of carbonyl (C=O) groups excluding carboxylic acids is 1. The third kappa shape index (κ3) is 2.08. The van der Waals surface area contributed by atoms with E-state index >= 15 is 0 Å². The smallest absolute Gasteiger partial charge is 0.232 e. The molecular formula is C16H13ClFNO. The van der Waals surface area contributed by atoms with E-state index in [9.17, 15) is 9.18 Å². The molecule has 0 unspecified atom stereocenters. The van der Waals surface area contributed by atoms with Gasteiger partial charge in [0.25, 0.3) is 0 Å². The molecular weight excluding hydrogens is 277 g/mol. The second kappa shape index (κ2) is 4.91. The Hall–Kier alpha value is -1.87. The minimum Gasteiger partial charge on any atom is -0.304 e. The van der Waals surface area contributed by atoms with Gasteiger partial charge in [0.2, 0.25) is 5.91 Å². The quantitative estimate of drug-likeness (QED) is 0.759. The number of β-lactam (4-membered cyclic amide) rings is 1. The van der Waals surface area contributed by atoms with Crippen LogP contribution in [-0.4, -0.2) is 5.91 Å². The van der Waals surface area contributed by atoms with Crippen LogP contribution in [0.4, 0.5) is 10.1 Å². The summed E-state index contributed by atoms with van der Waals surface area (Å²) in [4.78, 5) is 13.8. The van der Waals surface area contributed by atoms with Crippen molar-refractivity contribution in [3.05, 3.63) is 64.9 Å². The zero-order chi connectivity index (χ0) is 14.3. The van der Waals surface area contributed by atoms with Crippen LogP contribution in [0.25, 0.3) is 0 Å². The lowest BCUT2D eigenvalue weighted by Crippen LogP contribution is -2.54. The summed E-state index contributed by atoms with van der Waals surface area (Å²) in [5.41, 5.74) is 1.75. The van der Waals surface area contributed by atoms with Gasteiger partial charge in [-0.05, 0) is 42.0 Å². The highest BCUT2D eigenvalue weighted by Crippen LogP contribution is 2.43. The molecule has 2 aromatic rings. The monoisotopic (exact) mass is 289 g/mol.